The van der Waals surface area contributed by atoms with Crippen molar-refractivity contribution in [1.82, 2.24) is 0 Å². The van der Waals surface area contributed by atoms with Crippen molar-refractivity contribution < 1.29 is 5.11 Å². The van der Waals surface area contributed by atoms with Crippen molar-refractivity contribution in [2.24, 2.45) is 11.7 Å². The zero-order chi connectivity index (χ0) is 13.3. The van der Waals surface area contributed by atoms with Crippen LogP contribution in [0.5, 0.6) is 0 Å². The van der Waals surface area contributed by atoms with Crippen molar-refractivity contribution >= 4 is 21.6 Å². The molecule has 3 N–H and O–H groups in total. The van der Waals surface area contributed by atoms with E-state index in [4.69, 9.17) is 5.73 Å². The highest BCUT2D eigenvalue weighted by Gasteiger charge is 2.28. The Morgan fingerprint density at radius 3 is 2.67 bits per heavy atom. The number of rotatable bonds is 4. The van der Waals surface area contributed by atoms with E-state index in [0.717, 1.165) is 29.4 Å². The van der Waals surface area contributed by atoms with Gasteiger partial charge >= 0.3 is 0 Å². The fourth-order valence-electron chi connectivity index (χ4n) is 2.47. The van der Waals surface area contributed by atoms with Crippen molar-refractivity contribution in [3.05, 3.63) is 28.2 Å². The summed E-state index contributed by atoms with van der Waals surface area (Å²) in [6.07, 6.45) is 1.79. The molecule has 0 radical (unpaired) electrons. The van der Waals surface area contributed by atoms with Crippen molar-refractivity contribution in [3.63, 3.8) is 0 Å². The van der Waals surface area contributed by atoms with E-state index < -0.39 is 0 Å². The summed E-state index contributed by atoms with van der Waals surface area (Å²) in [6, 6.07) is 6.35. The Bertz CT molecular complexity index is 416. The van der Waals surface area contributed by atoms with Crippen LogP contribution in [-0.4, -0.2) is 24.8 Å². The third-order valence-electron chi connectivity index (χ3n) is 3.66. The number of anilines is 1. The maximum absolute atomic E-state index is 9.30. The first-order valence-corrected chi connectivity index (χ1v) is 7.21. The Morgan fingerprint density at radius 2 is 2.17 bits per heavy atom. The number of hydrogen-bond acceptors (Lipinski definition) is 3. The molecule has 0 aromatic heterocycles. The monoisotopic (exact) mass is 312 g/mol. The molecule has 3 nitrogen and oxygen atoms in total. The SMILES string of the molecule is CC(N)c1ccc(N(C)CC2CC(O)C2)cc1Br. The molecule has 0 bridgehead atoms. The molecule has 1 unspecified atom stereocenters. The predicted molar refractivity (Wildman–Crippen MR) is 78.7 cm³/mol. The number of benzene rings is 1. The average Bonchev–Trinajstić information content (AvgIpc) is 2.26. The van der Waals surface area contributed by atoms with Gasteiger partial charge in [-0.05, 0) is 43.4 Å². The van der Waals surface area contributed by atoms with Gasteiger partial charge in [0.25, 0.3) is 0 Å². The molecule has 1 atom stereocenters. The predicted octanol–water partition coefficient (Wildman–Crippen LogP) is 2.68. The van der Waals surface area contributed by atoms with E-state index in [-0.39, 0.29) is 12.1 Å². The minimum atomic E-state index is -0.0735. The molecular formula is C14H21BrN2O. The second-order valence-electron chi connectivity index (χ2n) is 5.37. The Balaban J connectivity index is 2.02. The number of aliphatic hydroxyl groups is 1. The van der Waals surface area contributed by atoms with Crippen LogP contribution in [0, 0.1) is 5.92 Å². The normalized spacial score (nSPS) is 24.5. The summed E-state index contributed by atoms with van der Waals surface area (Å²) in [6.45, 7) is 2.99. The minimum Gasteiger partial charge on any atom is -0.393 e. The van der Waals surface area contributed by atoms with E-state index in [9.17, 15) is 5.11 Å². The Labute approximate surface area is 117 Å². The van der Waals surface area contributed by atoms with Crippen LogP contribution < -0.4 is 10.6 Å². The number of nitrogens with two attached hydrogens (primary N) is 1. The Morgan fingerprint density at radius 1 is 1.50 bits per heavy atom. The minimum absolute atomic E-state index is 0.0421. The Kier molecular flexibility index (Phi) is 4.30. The first-order chi connectivity index (χ1) is 8.47. The van der Waals surface area contributed by atoms with E-state index in [1.165, 1.54) is 5.69 Å². The van der Waals surface area contributed by atoms with E-state index >= 15 is 0 Å². The maximum atomic E-state index is 9.30. The highest BCUT2D eigenvalue weighted by molar-refractivity contribution is 9.10. The van der Waals surface area contributed by atoms with Crippen LogP contribution in [0.2, 0.25) is 0 Å². The molecule has 4 heteroatoms. The standard InChI is InChI=1S/C14H21BrN2O/c1-9(16)13-4-3-11(7-14(13)15)17(2)8-10-5-12(18)6-10/h3-4,7,9-10,12,18H,5-6,8,16H2,1-2H3. The molecule has 1 aromatic carbocycles. The number of aliphatic hydroxyl groups excluding tert-OH is 1. The molecule has 1 aliphatic carbocycles. The van der Waals surface area contributed by atoms with Gasteiger partial charge in [-0.15, -0.1) is 0 Å². The second-order valence-corrected chi connectivity index (χ2v) is 6.22. The van der Waals surface area contributed by atoms with Gasteiger partial charge in [-0.25, -0.2) is 0 Å². The number of hydrogen-bond donors (Lipinski definition) is 2. The summed E-state index contributed by atoms with van der Waals surface area (Å²) in [5, 5.41) is 9.30. The van der Waals surface area contributed by atoms with Gasteiger partial charge in [0.05, 0.1) is 6.10 Å². The molecule has 18 heavy (non-hydrogen) atoms. The topological polar surface area (TPSA) is 49.5 Å². The molecule has 1 fully saturated rings. The van der Waals surface area contributed by atoms with Crippen LogP contribution >= 0.6 is 15.9 Å². The summed E-state index contributed by atoms with van der Waals surface area (Å²) in [7, 11) is 2.10. The zero-order valence-corrected chi connectivity index (χ0v) is 12.5. The van der Waals surface area contributed by atoms with Gasteiger partial charge in [-0.2, -0.15) is 0 Å². The number of halogens is 1. The van der Waals surface area contributed by atoms with Crippen LogP contribution in [0.4, 0.5) is 5.69 Å². The molecular weight excluding hydrogens is 292 g/mol. The van der Waals surface area contributed by atoms with Gasteiger partial charge in [0, 0.05) is 29.8 Å². The molecule has 1 aromatic rings. The number of nitrogens with zero attached hydrogens (tertiary/aromatic N) is 1. The second kappa shape index (κ2) is 5.59. The maximum Gasteiger partial charge on any atom is 0.0546 e. The van der Waals surface area contributed by atoms with Crippen LogP contribution in [0.25, 0.3) is 0 Å². The fraction of sp³-hybridized carbons (Fsp3) is 0.571. The highest BCUT2D eigenvalue weighted by atomic mass is 79.9. The van der Waals surface area contributed by atoms with Crippen LogP contribution in [0.1, 0.15) is 31.4 Å². The molecule has 0 heterocycles. The quantitative estimate of drug-likeness (QED) is 0.898. The molecule has 0 amide bonds. The molecule has 0 aliphatic heterocycles. The molecule has 2 rings (SSSR count). The average molecular weight is 313 g/mol. The molecule has 100 valence electrons. The molecule has 1 aliphatic rings. The van der Waals surface area contributed by atoms with Gasteiger partial charge in [0.2, 0.25) is 0 Å². The van der Waals surface area contributed by atoms with Crippen LogP contribution in [0.15, 0.2) is 22.7 Å². The van der Waals surface area contributed by atoms with E-state index in [0.29, 0.717) is 5.92 Å². The summed E-state index contributed by atoms with van der Waals surface area (Å²) in [5.41, 5.74) is 8.21. The van der Waals surface area contributed by atoms with Gasteiger partial charge in [0.15, 0.2) is 0 Å². The summed E-state index contributed by atoms with van der Waals surface area (Å²) in [5.74, 6) is 0.622. The van der Waals surface area contributed by atoms with Crippen molar-refractivity contribution in [1.29, 1.82) is 0 Å². The smallest absolute Gasteiger partial charge is 0.0546 e. The fourth-order valence-corrected chi connectivity index (χ4v) is 3.19. The van der Waals surface area contributed by atoms with Gasteiger partial charge in [-0.3, -0.25) is 0 Å². The van der Waals surface area contributed by atoms with E-state index in [1.54, 1.807) is 0 Å². The lowest BCUT2D eigenvalue weighted by Gasteiger charge is -2.35. The first kappa shape index (κ1) is 13.8. The Hall–Kier alpha value is -0.580. The third-order valence-corrected chi connectivity index (χ3v) is 4.35. The lowest BCUT2D eigenvalue weighted by Crippen LogP contribution is -2.37. The first-order valence-electron chi connectivity index (χ1n) is 6.41. The van der Waals surface area contributed by atoms with Crippen molar-refractivity contribution in [2.75, 3.05) is 18.5 Å². The molecule has 0 spiro atoms. The third kappa shape index (κ3) is 3.05. The molecule has 0 saturated heterocycles. The zero-order valence-electron chi connectivity index (χ0n) is 10.9. The highest BCUT2D eigenvalue weighted by Crippen LogP contribution is 2.31. The summed E-state index contributed by atoms with van der Waals surface area (Å²) < 4.78 is 1.07. The lowest BCUT2D eigenvalue weighted by atomic mass is 9.82. The van der Waals surface area contributed by atoms with Crippen LogP contribution in [-0.2, 0) is 0 Å². The summed E-state index contributed by atoms with van der Waals surface area (Å²) in [4.78, 5) is 2.24. The van der Waals surface area contributed by atoms with Crippen molar-refractivity contribution in [2.45, 2.75) is 31.9 Å². The van der Waals surface area contributed by atoms with E-state index in [1.807, 2.05) is 6.92 Å². The van der Waals surface area contributed by atoms with E-state index in [2.05, 4.69) is 46.1 Å². The van der Waals surface area contributed by atoms with Gasteiger partial charge in [-0.1, -0.05) is 22.0 Å². The van der Waals surface area contributed by atoms with Gasteiger partial charge in [0.1, 0.15) is 0 Å². The van der Waals surface area contributed by atoms with Crippen molar-refractivity contribution in [3.8, 4) is 0 Å². The molecule has 1 saturated carbocycles. The summed E-state index contributed by atoms with van der Waals surface area (Å²) >= 11 is 3.58. The largest absolute Gasteiger partial charge is 0.393 e. The lowest BCUT2D eigenvalue weighted by molar-refractivity contribution is 0.0465. The van der Waals surface area contributed by atoms with Gasteiger partial charge < -0.3 is 15.7 Å². The van der Waals surface area contributed by atoms with Crippen LogP contribution in [0.3, 0.4) is 0 Å².